The molecule has 250 valence electrons. The van der Waals surface area contributed by atoms with Crippen LogP contribution >= 0.6 is 0 Å². The molecule has 0 radical (unpaired) electrons. The highest BCUT2D eigenvalue weighted by molar-refractivity contribution is 5.30. The Morgan fingerprint density at radius 2 is 1.52 bits per heavy atom. The van der Waals surface area contributed by atoms with E-state index in [4.69, 9.17) is 0 Å². The summed E-state index contributed by atoms with van der Waals surface area (Å²) in [6.45, 7) is 11.3. The second kappa shape index (κ2) is 15.6. The number of hydrogen-bond acceptors (Lipinski definition) is 3. The molecule has 46 heavy (non-hydrogen) atoms. The molecular weight excluding hydrogens is 564 g/mol. The average molecular weight is 625 g/mol. The highest BCUT2D eigenvalue weighted by Gasteiger charge is 2.51. The molecule has 2 aromatic rings. The maximum atomic E-state index is 12.3. The molecule has 0 spiro atoms. The van der Waals surface area contributed by atoms with Gasteiger partial charge in [0.2, 0.25) is 0 Å². The fourth-order valence-corrected chi connectivity index (χ4v) is 9.68. The van der Waals surface area contributed by atoms with Gasteiger partial charge in [-0.1, -0.05) is 131 Å². The van der Waals surface area contributed by atoms with Gasteiger partial charge in [-0.2, -0.15) is 0 Å². The quantitative estimate of drug-likeness (QED) is 0.195. The number of benzene rings is 2. The first kappa shape index (κ1) is 34.9. The summed E-state index contributed by atoms with van der Waals surface area (Å²) < 4.78 is 0. The molecule has 3 fully saturated rings. The standard InChI is InChI=1S/C43H60O3/c1-5-6-18-36(24-26-43(46,29-33-14-9-7-10-15-33)30-34-16-11-8-12-17-34)31(2)38-22-23-39-37(19-13-25-42(38,39)4)21-20-35-27-40(44)32(3)41(45)28-35/h7-12,14-17,20-21,31,36,38-41,44-46H,3,5-6,13,18-19,22-30H2,1-2,4H3/b37-21+/t31-,36+,38-,39+,40-,41-,42-/m1/s1. The maximum absolute atomic E-state index is 12.3. The Bertz CT molecular complexity index is 1270. The predicted octanol–water partition coefficient (Wildman–Crippen LogP) is 9.57. The van der Waals surface area contributed by atoms with Gasteiger partial charge in [0.15, 0.2) is 0 Å². The highest BCUT2D eigenvalue weighted by atomic mass is 16.3. The van der Waals surface area contributed by atoms with E-state index in [1.807, 2.05) is 0 Å². The van der Waals surface area contributed by atoms with E-state index in [1.165, 1.54) is 56.1 Å². The van der Waals surface area contributed by atoms with Crippen molar-refractivity contribution in [3.63, 3.8) is 0 Å². The summed E-state index contributed by atoms with van der Waals surface area (Å²) in [5.41, 5.74) is 5.22. The van der Waals surface area contributed by atoms with Gasteiger partial charge in [0.1, 0.15) is 0 Å². The Morgan fingerprint density at radius 3 is 2.11 bits per heavy atom. The third-order valence-electron chi connectivity index (χ3n) is 12.4. The number of fused-ring (bicyclic) bond motifs is 1. The summed E-state index contributed by atoms with van der Waals surface area (Å²) in [4.78, 5) is 0. The predicted molar refractivity (Wildman–Crippen MR) is 191 cm³/mol. The third-order valence-corrected chi connectivity index (χ3v) is 12.4. The van der Waals surface area contributed by atoms with Crippen LogP contribution in [0.1, 0.15) is 109 Å². The van der Waals surface area contributed by atoms with Crippen molar-refractivity contribution >= 4 is 0 Å². The van der Waals surface area contributed by atoms with Crippen LogP contribution in [0.15, 0.2) is 96.1 Å². The Balaban J connectivity index is 1.32. The first-order valence-corrected chi connectivity index (χ1v) is 18.4. The summed E-state index contributed by atoms with van der Waals surface area (Å²) in [6, 6.07) is 21.1. The molecule has 0 unspecified atom stereocenters. The van der Waals surface area contributed by atoms with Gasteiger partial charge in [-0.3, -0.25) is 0 Å². The van der Waals surface area contributed by atoms with Crippen molar-refractivity contribution in [2.24, 2.45) is 29.1 Å². The first-order valence-electron chi connectivity index (χ1n) is 18.4. The van der Waals surface area contributed by atoms with Crippen molar-refractivity contribution in [2.75, 3.05) is 0 Å². The summed E-state index contributed by atoms with van der Waals surface area (Å²) in [7, 11) is 0. The number of aliphatic hydroxyl groups is 3. The normalized spacial score (nSPS) is 29.0. The lowest BCUT2D eigenvalue weighted by Gasteiger charge is -2.46. The van der Waals surface area contributed by atoms with Crippen LogP contribution in [-0.4, -0.2) is 33.1 Å². The van der Waals surface area contributed by atoms with Gasteiger partial charge in [-0.05, 0) is 104 Å². The van der Waals surface area contributed by atoms with E-state index in [0.717, 1.165) is 24.8 Å². The second-order valence-corrected chi connectivity index (χ2v) is 15.5. The molecule has 0 heterocycles. The van der Waals surface area contributed by atoms with Gasteiger partial charge in [0, 0.05) is 12.8 Å². The largest absolute Gasteiger partial charge is 0.389 e. The van der Waals surface area contributed by atoms with E-state index >= 15 is 0 Å². The van der Waals surface area contributed by atoms with Crippen LogP contribution < -0.4 is 0 Å². The summed E-state index contributed by atoms with van der Waals surface area (Å²) in [6.07, 6.45) is 17.7. The van der Waals surface area contributed by atoms with Crippen LogP contribution in [0.4, 0.5) is 0 Å². The third kappa shape index (κ3) is 8.33. The van der Waals surface area contributed by atoms with Gasteiger partial charge in [-0.15, -0.1) is 0 Å². The van der Waals surface area contributed by atoms with E-state index in [0.29, 0.717) is 60.3 Å². The monoisotopic (exact) mass is 624 g/mol. The van der Waals surface area contributed by atoms with E-state index in [9.17, 15) is 15.3 Å². The molecule has 0 aromatic heterocycles. The Morgan fingerprint density at radius 1 is 0.913 bits per heavy atom. The summed E-state index contributed by atoms with van der Waals surface area (Å²) in [5, 5.41) is 33.0. The van der Waals surface area contributed by atoms with Crippen molar-refractivity contribution in [1.29, 1.82) is 0 Å². The number of allylic oxidation sites excluding steroid dienone is 3. The average Bonchev–Trinajstić information content (AvgIpc) is 3.40. The Labute approximate surface area is 279 Å². The van der Waals surface area contributed by atoms with Crippen LogP contribution in [0.25, 0.3) is 0 Å². The maximum Gasteiger partial charge on any atom is 0.0809 e. The fourth-order valence-electron chi connectivity index (χ4n) is 9.68. The molecule has 7 atom stereocenters. The zero-order valence-corrected chi connectivity index (χ0v) is 28.8. The molecule has 0 amide bonds. The van der Waals surface area contributed by atoms with E-state index in [1.54, 1.807) is 5.57 Å². The molecule has 0 bridgehead atoms. The van der Waals surface area contributed by atoms with Gasteiger partial charge in [-0.25, -0.2) is 0 Å². The van der Waals surface area contributed by atoms with Gasteiger partial charge >= 0.3 is 0 Å². The fraction of sp³-hybridized carbons (Fsp3) is 0.581. The zero-order chi connectivity index (χ0) is 32.7. The summed E-state index contributed by atoms with van der Waals surface area (Å²) >= 11 is 0. The van der Waals surface area contributed by atoms with Crippen molar-refractivity contribution in [2.45, 2.75) is 128 Å². The van der Waals surface area contributed by atoms with E-state index in [-0.39, 0.29) is 0 Å². The van der Waals surface area contributed by atoms with E-state index in [2.05, 4.69) is 100 Å². The van der Waals surface area contributed by atoms with Crippen molar-refractivity contribution in [3.05, 3.63) is 107 Å². The number of hydrogen-bond donors (Lipinski definition) is 3. The minimum Gasteiger partial charge on any atom is -0.389 e. The topological polar surface area (TPSA) is 60.7 Å². The molecular formula is C43H60O3. The minimum atomic E-state index is -0.768. The van der Waals surface area contributed by atoms with Crippen molar-refractivity contribution in [3.8, 4) is 0 Å². The SMILES string of the molecule is C=C1[C@H](O)CC(=C/C=C2\CCC[C@]3(C)[C@@H]([C@H](C)[C@@H](CCCC)CCC(O)(Cc4ccccc4)Cc4ccccc4)CC[C@@H]23)C[C@H]1O. The molecule has 3 nitrogen and oxygen atoms in total. The molecule has 3 aliphatic carbocycles. The molecule has 0 saturated heterocycles. The smallest absolute Gasteiger partial charge is 0.0809 e. The zero-order valence-electron chi connectivity index (χ0n) is 28.8. The number of rotatable bonds is 13. The highest BCUT2D eigenvalue weighted by Crippen LogP contribution is 2.60. The minimum absolute atomic E-state index is 0.302. The second-order valence-electron chi connectivity index (χ2n) is 15.5. The summed E-state index contributed by atoms with van der Waals surface area (Å²) in [5.74, 6) is 2.52. The van der Waals surface area contributed by atoms with Crippen molar-refractivity contribution < 1.29 is 15.3 Å². The molecule has 3 saturated carbocycles. The van der Waals surface area contributed by atoms with E-state index < -0.39 is 17.8 Å². The lowest BCUT2D eigenvalue weighted by molar-refractivity contribution is 0.0136. The van der Waals surface area contributed by atoms with Crippen LogP contribution in [0.5, 0.6) is 0 Å². The molecule has 0 aliphatic heterocycles. The Kier molecular flexibility index (Phi) is 11.8. The number of unbranched alkanes of at least 4 members (excludes halogenated alkanes) is 1. The van der Waals surface area contributed by atoms with Crippen LogP contribution in [0, 0.1) is 29.1 Å². The molecule has 2 aromatic carbocycles. The van der Waals surface area contributed by atoms with Crippen LogP contribution in [-0.2, 0) is 12.8 Å². The Hall–Kier alpha value is -2.46. The van der Waals surface area contributed by atoms with Crippen LogP contribution in [0.2, 0.25) is 0 Å². The van der Waals surface area contributed by atoms with Gasteiger partial charge in [0.05, 0.1) is 17.8 Å². The molecule has 5 rings (SSSR count). The number of aliphatic hydroxyl groups excluding tert-OH is 2. The lowest BCUT2D eigenvalue weighted by Crippen LogP contribution is -2.39. The van der Waals surface area contributed by atoms with Crippen molar-refractivity contribution in [1.82, 2.24) is 0 Å². The molecule has 3 heteroatoms. The van der Waals surface area contributed by atoms with Gasteiger partial charge < -0.3 is 15.3 Å². The van der Waals surface area contributed by atoms with Crippen LogP contribution in [0.3, 0.4) is 0 Å². The molecule has 3 aliphatic rings. The van der Waals surface area contributed by atoms with Gasteiger partial charge in [0.25, 0.3) is 0 Å². The first-order chi connectivity index (χ1) is 22.1. The lowest BCUT2D eigenvalue weighted by atomic mass is 9.59. The molecule has 3 N–H and O–H groups in total.